The average molecular weight is 311 g/mol. The second-order valence-electron chi connectivity index (χ2n) is 5.13. The first-order chi connectivity index (χ1) is 11.2. The minimum atomic E-state index is -0.193. The summed E-state index contributed by atoms with van der Waals surface area (Å²) >= 11 is 0. The summed E-state index contributed by atoms with van der Waals surface area (Å²) in [6, 6.07) is 15.8. The Kier molecular flexibility index (Phi) is 6.32. The topological polar surface area (TPSA) is 70.2 Å². The highest BCUT2D eigenvalue weighted by Gasteiger charge is 2.07. The van der Waals surface area contributed by atoms with Gasteiger partial charge in [0, 0.05) is 23.4 Å². The summed E-state index contributed by atoms with van der Waals surface area (Å²) in [5, 5.41) is 2.80. The van der Waals surface area contributed by atoms with Gasteiger partial charge in [-0.3, -0.25) is 15.0 Å². The molecule has 23 heavy (non-hydrogen) atoms. The molecule has 0 fully saturated rings. The molecule has 0 aliphatic rings. The number of benzene rings is 2. The van der Waals surface area contributed by atoms with Gasteiger partial charge in [-0.2, -0.15) is 0 Å². The van der Waals surface area contributed by atoms with Crippen molar-refractivity contribution >= 4 is 17.5 Å². The fourth-order valence-electron chi connectivity index (χ4n) is 1.98. The number of unbranched alkanes of at least 4 members (excludes halogenated alkanes) is 1. The Bertz CT molecular complexity index is 639. The molecule has 0 radical (unpaired) electrons. The quantitative estimate of drug-likeness (QED) is 0.544. The van der Waals surface area contributed by atoms with Gasteiger partial charge in [0.1, 0.15) is 0 Å². The zero-order chi connectivity index (χ0) is 16.5. The largest absolute Gasteiger partial charge is 0.322 e. The van der Waals surface area contributed by atoms with Gasteiger partial charge in [-0.05, 0) is 42.8 Å². The van der Waals surface area contributed by atoms with Gasteiger partial charge in [-0.1, -0.05) is 31.5 Å². The zero-order valence-corrected chi connectivity index (χ0v) is 13.1. The van der Waals surface area contributed by atoms with E-state index in [1.807, 2.05) is 18.2 Å². The van der Waals surface area contributed by atoms with Gasteiger partial charge in [0.25, 0.3) is 11.8 Å². The minimum absolute atomic E-state index is 0.177. The highest BCUT2D eigenvalue weighted by atomic mass is 16.2. The Morgan fingerprint density at radius 3 is 2.17 bits per heavy atom. The average Bonchev–Trinajstić information content (AvgIpc) is 2.60. The summed E-state index contributed by atoms with van der Waals surface area (Å²) in [4.78, 5) is 23.9. The van der Waals surface area contributed by atoms with Gasteiger partial charge in [0.2, 0.25) is 0 Å². The number of carbonyl (C=O) groups is 2. The van der Waals surface area contributed by atoms with Gasteiger partial charge in [0.05, 0.1) is 0 Å². The van der Waals surface area contributed by atoms with Crippen LogP contribution in [0, 0.1) is 0 Å². The van der Waals surface area contributed by atoms with Crippen molar-refractivity contribution in [3.8, 4) is 0 Å². The molecule has 0 unspecified atom stereocenters. The number of rotatable bonds is 7. The van der Waals surface area contributed by atoms with E-state index in [0.717, 1.165) is 19.4 Å². The van der Waals surface area contributed by atoms with Crippen molar-refractivity contribution in [2.75, 3.05) is 11.9 Å². The van der Waals surface area contributed by atoms with Crippen LogP contribution in [-0.4, -0.2) is 18.4 Å². The number of hydrogen-bond donors (Lipinski definition) is 3. The van der Waals surface area contributed by atoms with Gasteiger partial charge in [-0.15, -0.1) is 0 Å². The molecule has 0 bridgehead atoms. The Morgan fingerprint density at radius 1 is 0.870 bits per heavy atom. The maximum Gasteiger partial charge on any atom is 0.265 e. The molecule has 0 saturated carbocycles. The first kappa shape index (κ1) is 16.7. The summed E-state index contributed by atoms with van der Waals surface area (Å²) in [6.07, 6.45) is 2.07. The van der Waals surface area contributed by atoms with E-state index < -0.39 is 0 Å². The maximum atomic E-state index is 12.0. The van der Waals surface area contributed by atoms with Crippen molar-refractivity contribution in [1.82, 2.24) is 10.9 Å². The predicted octanol–water partition coefficient (Wildman–Crippen LogP) is 2.97. The van der Waals surface area contributed by atoms with E-state index in [9.17, 15) is 9.59 Å². The summed E-state index contributed by atoms with van der Waals surface area (Å²) in [7, 11) is 0. The fraction of sp³-hybridized carbons (Fsp3) is 0.222. The second-order valence-corrected chi connectivity index (χ2v) is 5.13. The van der Waals surface area contributed by atoms with E-state index in [2.05, 4.69) is 23.1 Å². The Labute approximate surface area is 136 Å². The van der Waals surface area contributed by atoms with Crippen molar-refractivity contribution in [2.24, 2.45) is 0 Å². The number of hydrogen-bond acceptors (Lipinski definition) is 3. The van der Waals surface area contributed by atoms with Crippen molar-refractivity contribution in [3.63, 3.8) is 0 Å². The minimum Gasteiger partial charge on any atom is -0.322 e. The van der Waals surface area contributed by atoms with Crippen LogP contribution in [0.25, 0.3) is 0 Å². The standard InChI is InChI=1S/C18H21N3O2/c1-2-3-13-19-21-18(23)15-9-11-16(12-10-15)20-17(22)14-7-5-4-6-8-14/h4-12,19H,2-3,13H2,1H3,(H,20,22)(H,21,23). The number of amides is 2. The highest BCUT2D eigenvalue weighted by Crippen LogP contribution is 2.11. The van der Waals surface area contributed by atoms with Crippen molar-refractivity contribution in [2.45, 2.75) is 19.8 Å². The summed E-state index contributed by atoms with van der Waals surface area (Å²) < 4.78 is 0. The molecule has 0 aliphatic carbocycles. The monoisotopic (exact) mass is 311 g/mol. The van der Waals surface area contributed by atoms with Crippen LogP contribution < -0.4 is 16.2 Å². The lowest BCUT2D eigenvalue weighted by Gasteiger charge is -2.08. The molecular weight excluding hydrogens is 290 g/mol. The van der Waals surface area contributed by atoms with Crippen LogP contribution in [-0.2, 0) is 0 Å². The first-order valence-corrected chi connectivity index (χ1v) is 7.70. The fourth-order valence-corrected chi connectivity index (χ4v) is 1.98. The molecule has 2 amide bonds. The molecule has 120 valence electrons. The van der Waals surface area contributed by atoms with Crippen LogP contribution >= 0.6 is 0 Å². The number of anilines is 1. The molecule has 0 atom stereocenters. The molecule has 2 rings (SSSR count). The van der Waals surface area contributed by atoms with E-state index in [-0.39, 0.29) is 11.8 Å². The lowest BCUT2D eigenvalue weighted by atomic mass is 10.1. The van der Waals surface area contributed by atoms with Crippen molar-refractivity contribution in [3.05, 3.63) is 65.7 Å². The van der Waals surface area contributed by atoms with Crippen LogP contribution in [0.3, 0.4) is 0 Å². The highest BCUT2D eigenvalue weighted by molar-refractivity contribution is 6.04. The molecule has 3 N–H and O–H groups in total. The van der Waals surface area contributed by atoms with Gasteiger partial charge >= 0.3 is 0 Å². The number of nitrogens with one attached hydrogen (secondary N) is 3. The molecule has 2 aromatic rings. The van der Waals surface area contributed by atoms with E-state index in [1.165, 1.54) is 0 Å². The lowest BCUT2D eigenvalue weighted by molar-refractivity contribution is 0.0932. The van der Waals surface area contributed by atoms with Crippen molar-refractivity contribution in [1.29, 1.82) is 0 Å². The lowest BCUT2D eigenvalue weighted by Crippen LogP contribution is -2.37. The number of carbonyl (C=O) groups excluding carboxylic acids is 2. The smallest absolute Gasteiger partial charge is 0.265 e. The molecule has 0 aliphatic heterocycles. The van der Waals surface area contributed by atoms with E-state index >= 15 is 0 Å². The molecule has 0 spiro atoms. The SMILES string of the molecule is CCCCNNC(=O)c1ccc(NC(=O)c2ccccc2)cc1. The van der Waals surface area contributed by atoms with Gasteiger partial charge in [0.15, 0.2) is 0 Å². The van der Waals surface area contributed by atoms with Crippen LogP contribution in [0.4, 0.5) is 5.69 Å². The second kappa shape index (κ2) is 8.70. The molecular formula is C18H21N3O2. The molecule has 0 aromatic heterocycles. The summed E-state index contributed by atoms with van der Waals surface area (Å²) in [5.74, 6) is -0.369. The third-order valence-corrected chi connectivity index (χ3v) is 3.30. The van der Waals surface area contributed by atoms with Crippen molar-refractivity contribution < 1.29 is 9.59 Å². The normalized spacial score (nSPS) is 10.1. The Balaban J connectivity index is 1.89. The first-order valence-electron chi connectivity index (χ1n) is 7.70. The zero-order valence-electron chi connectivity index (χ0n) is 13.1. The van der Waals surface area contributed by atoms with Crippen LogP contribution in [0.5, 0.6) is 0 Å². The molecule has 5 nitrogen and oxygen atoms in total. The predicted molar refractivity (Wildman–Crippen MR) is 91.2 cm³/mol. The van der Waals surface area contributed by atoms with Gasteiger partial charge < -0.3 is 5.32 Å². The van der Waals surface area contributed by atoms with E-state index in [4.69, 9.17) is 0 Å². The van der Waals surface area contributed by atoms with Crippen LogP contribution in [0.1, 0.15) is 40.5 Å². The molecule has 0 heterocycles. The van der Waals surface area contributed by atoms with E-state index in [1.54, 1.807) is 36.4 Å². The molecule has 0 saturated heterocycles. The maximum absolute atomic E-state index is 12.0. The molecule has 2 aromatic carbocycles. The Morgan fingerprint density at radius 2 is 1.52 bits per heavy atom. The van der Waals surface area contributed by atoms with Crippen LogP contribution in [0.15, 0.2) is 54.6 Å². The third-order valence-electron chi connectivity index (χ3n) is 3.30. The summed E-state index contributed by atoms with van der Waals surface area (Å²) in [5.41, 5.74) is 7.30. The summed E-state index contributed by atoms with van der Waals surface area (Å²) in [6.45, 7) is 2.83. The number of hydrazine groups is 1. The third kappa shape index (κ3) is 5.23. The van der Waals surface area contributed by atoms with Gasteiger partial charge in [-0.25, -0.2) is 5.43 Å². The van der Waals surface area contributed by atoms with E-state index in [0.29, 0.717) is 16.8 Å². The molecule has 5 heteroatoms. The van der Waals surface area contributed by atoms with Crippen LogP contribution in [0.2, 0.25) is 0 Å². The Hall–Kier alpha value is -2.66.